The Kier molecular flexibility index (Phi) is 9.00. The number of aliphatic hydroxyl groups excluding tert-OH is 1. The smallest absolute Gasteiger partial charge is 0.131 e. The molecule has 1 aromatic heterocycles. The Hall–Kier alpha value is -2.98. The maximum absolute atomic E-state index is 14.7. The first-order valence-corrected chi connectivity index (χ1v) is 12.2. The van der Waals surface area contributed by atoms with E-state index in [2.05, 4.69) is 52.8 Å². The zero-order chi connectivity index (χ0) is 24.7. The van der Waals surface area contributed by atoms with Gasteiger partial charge in [-0.2, -0.15) is 0 Å². The molecule has 4 heteroatoms. The minimum atomic E-state index is -0.275. The van der Waals surface area contributed by atoms with Crippen molar-refractivity contribution in [3.63, 3.8) is 0 Å². The van der Waals surface area contributed by atoms with Gasteiger partial charge in [-0.25, -0.2) is 4.39 Å². The summed E-state index contributed by atoms with van der Waals surface area (Å²) in [5.74, 6) is 1.12. The van der Waals surface area contributed by atoms with Crippen molar-refractivity contribution < 1.29 is 14.2 Å². The van der Waals surface area contributed by atoms with Crippen molar-refractivity contribution in [1.29, 1.82) is 0 Å². The van der Waals surface area contributed by atoms with Crippen LogP contribution in [0.25, 0.3) is 17.2 Å². The van der Waals surface area contributed by atoms with Crippen molar-refractivity contribution in [3.8, 4) is 16.9 Å². The number of fused-ring (bicyclic) bond motifs is 1. The van der Waals surface area contributed by atoms with Crippen LogP contribution in [0.15, 0.2) is 54.6 Å². The molecular weight excluding hydrogens is 425 g/mol. The average molecular weight is 462 g/mol. The highest BCUT2D eigenvalue weighted by molar-refractivity contribution is 5.80. The van der Waals surface area contributed by atoms with Gasteiger partial charge in [0.15, 0.2) is 0 Å². The summed E-state index contributed by atoms with van der Waals surface area (Å²) < 4.78 is 19.8. The molecule has 0 saturated heterocycles. The molecule has 4 rings (SSSR count). The number of aromatic nitrogens is 1. The molecule has 0 amide bonds. The highest BCUT2D eigenvalue weighted by Gasteiger charge is 2.23. The molecule has 3 aromatic rings. The standard InChI is InChI=1S/C23H30FNO.C7H6O/c1-6-7-8-12-18-21(17-11-9-10-13-20(17)24)19(14-26)23(16(4)5)25-22(18)15(2)3;1-2-4-7-6(3-1)5-8-7/h8-13,15-16,26H,6-7,14H2,1-5H3;1-4H,5H2. The number of rotatable bonds is 7. The topological polar surface area (TPSA) is 42.4 Å². The van der Waals surface area contributed by atoms with Gasteiger partial charge in [-0.1, -0.05) is 89.6 Å². The lowest BCUT2D eigenvalue weighted by molar-refractivity contribution is 0.243. The predicted octanol–water partition coefficient (Wildman–Crippen LogP) is 8.02. The summed E-state index contributed by atoms with van der Waals surface area (Å²) in [6.07, 6.45) is 6.17. The molecule has 0 saturated carbocycles. The summed E-state index contributed by atoms with van der Waals surface area (Å²) in [7, 11) is 0. The van der Waals surface area contributed by atoms with Crippen molar-refractivity contribution in [2.24, 2.45) is 0 Å². The van der Waals surface area contributed by atoms with Gasteiger partial charge in [0.25, 0.3) is 0 Å². The zero-order valence-corrected chi connectivity index (χ0v) is 20.9. The van der Waals surface area contributed by atoms with Crippen molar-refractivity contribution in [3.05, 3.63) is 88.5 Å². The number of halogens is 1. The maximum atomic E-state index is 14.7. The number of para-hydroxylation sites is 1. The maximum Gasteiger partial charge on any atom is 0.131 e. The monoisotopic (exact) mass is 461 g/mol. The first-order chi connectivity index (χ1) is 16.4. The van der Waals surface area contributed by atoms with Crippen molar-refractivity contribution in [2.45, 2.75) is 72.5 Å². The van der Waals surface area contributed by atoms with E-state index >= 15 is 0 Å². The van der Waals surface area contributed by atoms with Crippen LogP contribution in [-0.4, -0.2) is 10.1 Å². The number of nitrogens with zero attached hydrogens (tertiary/aromatic N) is 1. The van der Waals surface area contributed by atoms with Gasteiger partial charge in [0.05, 0.1) is 12.3 Å². The number of aliphatic hydroxyl groups is 1. The van der Waals surface area contributed by atoms with Gasteiger partial charge in [-0.15, -0.1) is 0 Å². The van der Waals surface area contributed by atoms with E-state index in [0.717, 1.165) is 53.3 Å². The van der Waals surface area contributed by atoms with Crippen LogP contribution in [0.4, 0.5) is 4.39 Å². The van der Waals surface area contributed by atoms with Crippen LogP contribution < -0.4 is 4.74 Å². The number of allylic oxidation sites excluding steroid dienone is 1. The Labute approximate surface area is 203 Å². The lowest BCUT2D eigenvalue weighted by Gasteiger charge is -2.23. The molecule has 0 atom stereocenters. The highest BCUT2D eigenvalue weighted by Crippen LogP contribution is 2.38. The summed E-state index contributed by atoms with van der Waals surface area (Å²) in [4.78, 5) is 4.90. The molecule has 34 heavy (non-hydrogen) atoms. The minimum absolute atomic E-state index is 0.147. The fourth-order valence-electron chi connectivity index (χ4n) is 4.10. The van der Waals surface area contributed by atoms with Crippen LogP contribution in [0.3, 0.4) is 0 Å². The normalized spacial score (nSPS) is 12.3. The first kappa shape index (κ1) is 25.6. The molecular formula is C30H36FNO2. The number of ether oxygens (including phenoxy) is 1. The second kappa shape index (κ2) is 11.9. The molecule has 3 nitrogen and oxygen atoms in total. The number of hydrogen-bond acceptors (Lipinski definition) is 3. The third-order valence-electron chi connectivity index (χ3n) is 5.89. The van der Waals surface area contributed by atoms with Crippen molar-refractivity contribution in [2.75, 3.05) is 0 Å². The molecule has 2 heterocycles. The van der Waals surface area contributed by atoms with Crippen molar-refractivity contribution >= 4 is 6.08 Å². The Balaban J connectivity index is 0.000000335. The Morgan fingerprint density at radius 1 is 1.00 bits per heavy atom. The molecule has 0 spiro atoms. The van der Waals surface area contributed by atoms with E-state index in [1.807, 2.05) is 24.3 Å². The number of pyridine rings is 1. The van der Waals surface area contributed by atoms with Crippen LogP contribution in [0, 0.1) is 5.82 Å². The molecule has 1 aliphatic rings. The summed E-state index contributed by atoms with van der Waals surface area (Å²) in [5.41, 5.74) is 6.09. The minimum Gasteiger partial charge on any atom is -0.488 e. The second-order valence-corrected chi connectivity index (χ2v) is 9.18. The quantitative estimate of drug-likeness (QED) is 0.387. The van der Waals surface area contributed by atoms with Gasteiger partial charge in [-0.05, 0) is 30.4 Å². The van der Waals surface area contributed by atoms with E-state index in [0.29, 0.717) is 5.56 Å². The third-order valence-corrected chi connectivity index (χ3v) is 5.89. The van der Waals surface area contributed by atoms with Crippen LogP contribution in [-0.2, 0) is 13.2 Å². The predicted molar refractivity (Wildman–Crippen MR) is 138 cm³/mol. The fourth-order valence-corrected chi connectivity index (χ4v) is 4.10. The largest absolute Gasteiger partial charge is 0.488 e. The van der Waals surface area contributed by atoms with E-state index in [1.54, 1.807) is 12.1 Å². The zero-order valence-electron chi connectivity index (χ0n) is 20.9. The fraction of sp³-hybridized carbons (Fsp3) is 0.367. The van der Waals surface area contributed by atoms with Gasteiger partial charge < -0.3 is 9.84 Å². The number of hydrogen-bond donors (Lipinski definition) is 1. The Morgan fingerprint density at radius 3 is 2.18 bits per heavy atom. The van der Waals surface area contributed by atoms with Crippen LogP contribution in [0.5, 0.6) is 5.75 Å². The molecule has 0 fully saturated rings. The lowest BCUT2D eigenvalue weighted by Crippen LogP contribution is -2.11. The van der Waals surface area contributed by atoms with Gasteiger partial charge in [0.1, 0.15) is 18.2 Å². The molecule has 0 radical (unpaired) electrons. The number of benzene rings is 2. The van der Waals surface area contributed by atoms with Gasteiger partial charge in [-0.3, -0.25) is 4.98 Å². The molecule has 0 unspecified atom stereocenters. The van der Waals surface area contributed by atoms with E-state index in [1.165, 1.54) is 11.6 Å². The number of unbranched alkanes of at least 4 members (excludes halogenated alkanes) is 1. The van der Waals surface area contributed by atoms with Crippen LogP contribution in [0.1, 0.15) is 87.4 Å². The van der Waals surface area contributed by atoms with Crippen LogP contribution in [0.2, 0.25) is 0 Å². The highest BCUT2D eigenvalue weighted by atomic mass is 19.1. The molecule has 0 bridgehead atoms. The van der Waals surface area contributed by atoms with E-state index < -0.39 is 0 Å². The summed E-state index contributed by atoms with van der Waals surface area (Å²) in [6.45, 7) is 11.1. The molecule has 1 N–H and O–H groups in total. The van der Waals surface area contributed by atoms with Crippen molar-refractivity contribution in [1.82, 2.24) is 4.98 Å². The average Bonchev–Trinajstić information content (AvgIpc) is 2.80. The van der Waals surface area contributed by atoms with E-state index in [-0.39, 0.29) is 24.3 Å². The summed E-state index contributed by atoms with van der Waals surface area (Å²) in [5, 5.41) is 10.1. The van der Waals surface area contributed by atoms with E-state index in [9.17, 15) is 9.50 Å². The summed E-state index contributed by atoms with van der Waals surface area (Å²) in [6, 6.07) is 14.9. The third kappa shape index (κ3) is 5.74. The summed E-state index contributed by atoms with van der Waals surface area (Å²) >= 11 is 0. The lowest BCUT2D eigenvalue weighted by atomic mass is 9.87. The second-order valence-electron chi connectivity index (χ2n) is 9.18. The van der Waals surface area contributed by atoms with Gasteiger partial charge in [0.2, 0.25) is 0 Å². The van der Waals surface area contributed by atoms with E-state index in [4.69, 9.17) is 9.72 Å². The molecule has 2 aromatic carbocycles. The molecule has 180 valence electrons. The van der Waals surface area contributed by atoms with Gasteiger partial charge >= 0.3 is 0 Å². The SMILES string of the molecule is CCCC=Cc1c(C(C)C)nc(C(C)C)c(CO)c1-c1ccccc1F.c1ccc2c(c1)CO2. The first-order valence-electron chi connectivity index (χ1n) is 12.2. The molecule has 1 aliphatic heterocycles. The Morgan fingerprint density at radius 2 is 1.68 bits per heavy atom. The Bertz CT molecular complexity index is 1110. The van der Waals surface area contributed by atoms with Gasteiger partial charge in [0, 0.05) is 33.5 Å². The molecule has 0 aliphatic carbocycles. The van der Waals surface area contributed by atoms with Crippen LogP contribution >= 0.6 is 0 Å².